The Morgan fingerprint density at radius 2 is 0.565 bits per heavy atom. The molecular formula is C126H94N10O2. The van der Waals surface area contributed by atoms with E-state index in [0.717, 1.165) is 95.5 Å². The van der Waals surface area contributed by atoms with E-state index in [-0.39, 0.29) is 29.1 Å². The van der Waals surface area contributed by atoms with Crippen LogP contribution in [0.5, 0.6) is 11.5 Å². The summed E-state index contributed by atoms with van der Waals surface area (Å²) in [5.74, 6) is 3.24. The molecule has 0 saturated carbocycles. The molecule has 0 radical (unpaired) electrons. The van der Waals surface area contributed by atoms with Gasteiger partial charge in [-0.05, 0) is 247 Å². The van der Waals surface area contributed by atoms with Gasteiger partial charge in [0.2, 0.25) is 11.5 Å². The number of oxazole rings is 1. The highest BCUT2D eigenvalue weighted by atomic mass is 16.5. The third-order valence-corrected chi connectivity index (χ3v) is 27.0. The normalized spacial score (nSPS) is 13.1. The predicted molar refractivity (Wildman–Crippen MR) is 561 cm³/mol. The first-order valence-electron chi connectivity index (χ1n) is 46.9. The van der Waals surface area contributed by atoms with E-state index < -0.39 is 0 Å². The molecule has 12 nitrogen and oxygen atoms in total. The Balaban J connectivity index is 0.000000103. The number of imidazole rings is 2. The number of para-hydroxylation sites is 13. The van der Waals surface area contributed by atoms with Crippen molar-refractivity contribution >= 4 is 89.7 Å². The molecule has 0 N–H and O–H groups in total. The van der Waals surface area contributed by atoms with Crippen molar-refractivity contribution in [2.75, 3.05) is 9.80 Å². The summed E-state index contributed by atoms with van der Waals surface area (Å²) in [6.45, 7) is 4.65. The number of anilines is 6. The quantitative estimate of drug-likeness (QED) is 0.0935. The summed E-state index contributed by atoms with van der Waals surface area (Å²) in [7, 11) is 0. The zero-order chi connectivity index (χ0) is 92.3. The van der Waals surface area contributed by atoms with Crippen LogP contribution < -0.4 is 14.5 Å². The molecule has 0 saturated heterocycles. The van der Waals surface area contributed by atoms with Gasteiger partial charge in [0.1, 0.15) is 0 Å². The van der Waals surface area contributed by atoms with Crippen LogP contribution in [0.15, 0.2) is 515 Å². The molecule has 138 heavy (non-hydrogen) atoms. The Kier molecular flexibility index (Phi) is 22.8. The fraction of sp³-hybridized carbons (Fsp3) is 0.0556. The topological polar surface area (TPSA) is 107 Å². The van der Waals surface area contributed by atoms with Gasteiger partial charge in [-0.15, -0.1) is 0 Å². The molecule has 0 bridgehead atoms. The number of aromatic nitrogens is 8. The molecule has 16 aromatic carbocycles. The molecule has 0 aliphatic carbocycles. The van der Waals surface area contributed by atoms with E-state index in [0.29, 0.717) is 0 Å². The molecule has 4 unspecified atom stereocenters. The minimum atomic E-state index is -0.0522. The number of benzene rings is 16. The lowest BCUT2D eigenvalue weighted by Crippen LogP contribution is -2.30. The lowest BCUT2D eigenvalue weighted by Gasteiger charge is -2.42. The first kappa shape index (κ1) is 84.4. The van der Waals surface area contributed by atoms with Gasteiger partial charge in [-0.2, -0.15) is 0 Å². The minimum Gasteiger partial charge on any atom is -0.453 e. The van der Waals surface area contributed by atoms with Crippen molar-refractivity contribution in [3.63, 3.8) is 0 Å². The molecule has 8 aromatic heterocycles. The van der Waals surface area contributed by atoms with E-state index in [1.807, 2.05) is 104 Å². The van der Waals surface area contributed by atoms with Crippen molar-refractivity contribution in [2.45, 2.75) is 42.9 Å². The summed E-state index contributed by atoms with van der Waals surface area (Å²) in [5.41, 5.74) is 36.3. The second-order valence-electron chi connectivity index (χ2n) is 35.4. The molecule has 2 aliphatic rings. The summed E-state index contributed by atoms with van der Waals surface area (Å²) in [6.07, 6.45) is 14.9. The van der Waals surface area contributed by atoms with Gasteiger partial charge >= 0.3 is 0 Å². The Morgan fingerprint density at radius 1 is 0.246 bits per heavy atom. The van der Waals surface area contributed by atoms with Gasteiger partial charge in [-0.1, -0.05) is 311 Å². The average Bonchev–Trinajstić information content (AvgIpc) is 1.30. The predicted octanol–water partition coefficient (Wildman–Crippen LogP) is 31.3. The van der Waals surface area contributed by atoms with Gasteiger partial charge in [-0.25, -0.2) is 4.98 Å². The fourth-order valence-electron chi connectivity index (χ4n) is 20.6. The second kappa shape index (κ2) is 37.3. The summed E-state index contributed by atoms with van der Waals surface area (Å²) in [6, 6.07) is 163. The second-order valence-corrected chi connectivity index (χ2v) is 35.4. The molecule has 24 aromatic rings. The van der Waals surface area contributed by atoms with Crippen LogP contribution >= 0.6 is 0 Å². The van der Waals surface area contributed by atoms with E-state index >= 15 is 0 Å². The number of ether oxygens (including phenoxy) is 1. The Labute approximate surface area is 801 Å². The van der Waals surface area contributed by atoms with Crippen molar-refractivity contribution in [3.05, 3.63) is 589 Å². The molecule has 660 valence electrons. The van der Waals surface area contributed by atoms with Crippen LogP contribution in [0.4, 0.5) is 34.1 Å². The van der Waals surface area contributed by atoms with Crippen molar-refractivity contribution in [2.24, 2.45) is 0 Å². The van der Waals surface area contributed by atoms with Gasteiger partial charge in [-0.3, -0.25) is 33.3 Å². The molecule has 4 atom stereocenters. The molecule has 26 rings (SSSR count). The molecule has 0 amide bonds. The van der Waals surface area contributed by atoms with Crippen LogP contribution in [0.1, 0.15) is 115 Å². The number of fused-ring (bicyclic) bond motifs is 14. The number of nitrogens with zero attached hydrogens (tertiary/aromatic N) is 10. The SMILES string of the molecule is CC1(C)c2ccccc2N(c2ccc(C(c3ccccc3)c3ccncc3)cc2)c2ccccc21.c1ccc(C(c2ccncc2)c2ccc(-c3c4ccccc4n4c3oc3ccccc34)cc2)cc1.c1ccc(C(c2ccncc2)c2ccc(-n3c4ccccc4n4c5ccccc5nc34)cc2)cc1.c1ccc(C(c2ccncc2)c2ccc(N3c4ccccc4Oc4ccccc43)cc2)cc1. The molecule has 0 fully saturated rings. The lowest BCUT2D eigenvalue weighted by atomic mass is 9.73. The highest BCUT2D eigenvalue weighted by molar-refractivity contribution is 6.07. The summed E-state index contributed by atoms with van der Waals surface area (Å²) in [4.78, 5) is 26.6. The van der Waals surface area contributed by atoms with Crippen LogP contribution in [-0.2, 0) is 5.41 Å². The van der Waals surface area contributed by atoms with Crippen LogP contribution in [-0.4, -0.2) is 38.3 Å². The first-order chi connectivity index (χ1) is 68.3. The van der Waals surface area contributed by atoms with Crippen LogP contribution in [0, 0.1) is 0 Å². The zero-order valence-corrected chi connectivity index (χ0v) is 76.1. The zero-order valence-electron chi connectivity index (χ0n) is 76.1. The minimum absolute atomic E-state index is 0.0522. The van der Waals surface area contributed by atoms with Gasteiger partial charge in [0.15, 0.2) is 17.1 Å². The highest BCUT2D eigenvalue weighted by Crippen LogP contribution is 2.54. The highest BCUT2D eigenvalue weighted by Gasteiger charge is 2.37. The molecule has 12 heteroatoms. The number of hydrogen-bond donors (Lipinski definition) is 0. The first-order valence-corrected chi connectivity index (χ1v) is 46.9. The fourth-order valence-corrected chi connectivity index (χ4v) is 20.6. The summed E-state index contributed by atoms with van der Waals surface area (Å²) in [5, 5.41) is 1.19. The Morgan fingerprint density at radius 3 is 1.01 bits per heavy atom. The van der Waals surface area contributed by atoms with E-state index in [9.17, 15) is 0 Å². The Hall–Kier alpha value is -17.9. The monoisotopic (exact) mass is 1780 g/mol. The maximum absolute atomic E-state index is 6.40. The Bertz CT molecular complexity index is 7850. The average molecular weight is 1780 g/mol. The van der Waals surface area contributed by atoms with Crippen molar-refractivity contribution in [1.29, 1.82) is 0 Å². The molecular weight excluding hydrogens is 1690 g/mol. The number of pyridine rings is 4. The maximum atomic E-state index is 6.40. The molecule has 10 heterocycles. The van der Waals surface area contributed by atoms with Crippen LogP contribution in [0.2, 0.25) is 0 Å². The van der Waals surface area contributed by atoms with E-state index in [4.69, 9.17) is 14.1 Å². The van der Waals surface area contributed by atoms with Crippen LogP contribution in [0.3, 0.4) is 0 Å². The van der Waals surface area contributed by atoms with Crippen molar-refractivity contribution in [3.8, 4) is 28.3 Å². The summed E-state index contributed by atoms with van der Waals surface area (Å²) >= 11 is 0. The molecule has 2 aliphatic heterocycles. The standard InChI is InChI=1S/C33H28N2.C32H22N2O.C31H22N4.C30H22N2O/c1-33(2)28-12-6-8-14-30(28)35(31-15-9-7-13-29(31)33)27-18-16-25(17-19-27)32(24-10-4-3-5-11-24)26-20-22-34-23-21-26;1-2-8-22(9-3-1)30(25-18-20-33-21-19-25)23-14-16-24(17-15-23)31-26-10-4-5-11-27(26)34-28-12-6-7-13-29(28)35-32(31)34;1-2-8-22(9-3-1)30(24-18-20-32-21-19-24)23-14-16-25(17-15-23)34-28-12-6-7-13-29(28)35-27-11-5-4-10-26(27)33-31(34)35;1-2-8-22(9-3-1)30(24-18-20-31-21-19-24)23-14-16-25(17-15-23)32-26-10-4-6-12-28(26)33-29-13-7-5-11-27(29)32/h3-23,32H,1-2H3;2*1-21,30H;1-21,30H. The maximum Gasteiger partial charge on any atom is 0.220 e. The third kappa shape index (κ3) is 16.0. The molecule has 0 spiro atoms. The van der Waals surface area contributed by atoms with E-state index in [1.165, 1.54) is 100 Å². The van der Waals surface area contributed by atoms with Crippen molar-refractivity contribution in [1.82, 2.24) is 38.3 Å². The number of rotatable bonds is 16. The van der Waals surface area contributed by atoms with E-state index in [2.05, 4.69) is 463 Å². The smallest absolute Gasteiger partial charge is 0.220 e. The lowest BCUT2D eigenvalue weighted by molar-refractivity contribution is 0.477. The third-order valence-electron chi connectivity index (χ3n) is 27.0. The van der Waals surface area contributed by atoms with Gasteiger partial charge in [0.25, 0.3) is 0 Å². The number of hydrogen-bond acceptors (Lipinski definition) is 9. The van der Waals surface area contributed by atoms with Gasteiger partial charge in [0.05, 0.1) is 61.4 Å². The van der Waals surface area contributed by atoms with Crippen LogP contribution in [0.25, 0.3) is 72.4 Å². The largest absolute Gasteiger partial charge is 0.453 e. The van der Waals surface area contributed by atoms with Gasteiger partial charge < -0.3 is 19.0 Å². The van der Waals surface area contributed by atoms with Gasteiger partial charge in [0, 0.05) is 101 Å². The van der Waals surface area contributed by atoms with E-state index in [1.54, 1.807) is 0 Å². The summed E-state index contributed by atoms with van der Waals surface area (Å²) < 4.78 is 19.3. The van der Waals surface area contributed by atoms with Crippen molar-refractivity contribution < 1.29 is 9.15 Å².